The quantitative estimate of drug-likeness (QED) is 0.806. The summed E-state index contributed by atoms with van der Waals surface area (Å²) in [5.41, 5.74) is 0. The van der Waals surface area contributed by atoms with E-state index in [9.17, 15) is 0 Å². The fourth-order valence-corrected chi connectivity index (χ4v) is 2.75. The van der Waals surface area contributed by atoms with E-state index >= 15 is 0 Å². The Hall–Kier alpha value is -0.260. The zero-order valence-corrected chi connectivity index (χ0v) is 11.8. The number of halogens is 4. The maximum Gasteiger partial charge on any atom is 0.227 e. The molecule has 0 aliphatic carbocycles. The van der Waals surface area contributed by atoms with E-state index in [1.54, 1.807) is 18.2 Å². The van der Waals surface area contributed by atoms with Crippen LogP contribution in [0, 0.1) is 0 Å². The molecular formula is C9H3Cl4N3S. The highest BCUT2D eigenvalue weighted by Gasteiger charge is 2.08. The summed E-state index contributed by atoms with van der Waals surface area (Å²) in [5.74, 6) is 0. The summed E-state index contributed by atoms with van der Waals surface area (Å²) in [4.78, 5) is 12.2. The summed E-state index contributed by atoms with van der Waals surface area (Å²) in [7, 11) is 0. The number of benzene rings is 1. The molecule has 0 atom stereocenters. The molecule has 0 aliphatic rings. The van der Waals surface area contributed by atoms with Crippen LogP contribution in [-0.2, 0) is 0 Å². The predicted molar refractivity (Wildman–Crippen MR) is 70.4 cm³/mol. The van der Waals surface area contributed by atoms with Crippen molar-refractivity contribution in [2.75, 3.05) is 0 Å². The van der Waals surface area contributed by atoms with Gasteiger partial charge in [-0.05, 0) is 53.2 Å². The van der Waals surface area contributed by atoms with Crippen LogP contribution in [0.15, 0.2) is 28.3 Å². The van der Waals surface area contributed by atoms with E-state index in [4.69, 9.17) is 46.4 Å². The monoisotopic (exact) mass is 325 g/mol. The lowest BCUT2D eigenvalue weighted by molar-refractivity contribution is 0.904. The second-order valence-electron chi connectivity index (χ2n) is 2.83. The molecule has 1 heterocycles. The molecule has 2 rings (SSSR count). The van der Waals surface area contributed by atoms with Crippen molar-refractivity contribution in [3.63, 3.8) is 0 Å². The van der Waals surface area contributed by atoms with E-state index in [0.29, 0.717) is 15.2 Å². The van der Waals surface area contributed by atoms with Gasteiger partial charge in [0.2, 0.25) is 10.6 Å². The van der Waals surface area contributed by atoms with E-state index < -0.39 is 0 Å². The largest absolute Gasteiger partial charge is 0.227 e. The maximum absolute atomic E-state index is 6.01. The van der Waals surface area contributed by atoms with Crippen molar-refractivity contribution in [1.29, 1.82) is 0 Å². The molecule has 0 saturated carbocycles. The smallest absolute Gasteiger partial charge is 0.191 e. The Morgan fingerprint density at radius 2 is 1.53 bits per heavy atom. The fraction of sp³-hybridized carbons (Fsp3) is 0. The molecule has 88 valence electrons. The van der Waals surface area contributed by atoms with Crippen LogP contribution in [0.2, 0.25) is 20.6 Å². The Kier molecular flexibility index (Phi) is 4.33. The Morgan fingerprint density at radius 3 is 2.18 bits per heavy atom. The van der Waals surface area contributed by atoms with Gasteiger partial charge in [-0.2, -0.15) is 15.0 Å². The molecule has 2 aromatic rings. The minimum Gasteiger partial charge on any atom is -0.191 e. The average molecular weight is 327 g/mol. The number of rotatable bonds is 2. The van der Waals surface area contributed by atoms with E-state index in [2.05, 4.69) is 15.0 Å². The zero-order valence-electron chi connectivity index (χ0n) is 7.99. The third-order valence-electron chi connectivity index (χ3n) is 1.65. The normalized spacial score (nSPS) is 10.6. The number of nitrogens with zero attached hydrogens (tertiary/aromatic N) is 3. The molecule has 0 radical (unpaired) electrons. The lowest BCUT2D eigenvalue weighted by Crippen LogP contribution is -1.91. The topological polar surface area (TPSA) is 38.7 Å². The molecule has 3 nitrogen and oxygen atoms in total. The van der Waals surface area contributed by atoms with Crippen molar-refractivity contribution in [3.8, 4) is 0 Å². The predicted octanol–water partition coefficient (Wildman–Crippen LogP) is 4.64. The van der Waals surface area contributed by atoms with Crippen molar-refractivity contribution in [2.45, 2.75) is 10.1 Å². The first-order valence-electron chi connectivity index (χ1n) is 4.24. The Morgan fingerprint density at radius 1 is 0.882 bits per heavy atom. The van der Waals surface area contributed by atoms with Crippen molar-refractivity contribution in [2.24, 2.45) is 0 Å². The first-order chi connectivity index (χ1) is 8.04. The van der Waals surface area contributed by atoms with Gasteiger partial charge in [0.25, 0.3) is 0 Å². The highest BCUT2D eigenvalue weighted by atomic mass is 35.5. The minimum absolute atomic E-state index is 0.0330. The summed E-state index contributed by atoms with van der Waals surface area (Å²) in [6, 6.07) is 5.10. The van der Waals surface area contributed by atoms with Crippen LogP contribution in [0.4, 0.5) is 0 Å². The van der Waals surface area contributed by atoms with E-state index in [1.807, 2.05) is 0 Å². The van der Waals surface area contributed by atoms with Crippen LogP contribution in [-0.4, -0.2) is 15.0 Å². The lowest BCUT2D eigenvalue weighted by Gasteiger charge is -2.03. The molecule has 0 N–H and O–H groups in total. The van der Waals surface area contributed by atoms with Crippen LogP contribution in [0.3, 0.4) is 0 Å². The third kappa shape index (κ3) is 3.60. The molecule has 0 fully saturated rings. The van der Waals surface area contributed by atoms with E-state index in [0.717, 1.165) is 4.90 Å². The van der Waals surface area contributed by atoms with Gasteiger partial charge in [-0.3, -0.25) is 0 Å². The van der Waals surface area contributed by atoms with E-state index in [1.165, 1.54) is 11.8 Å². The average Bonchev–Trinajstić information content (AvgIpc) is 2.22. The molecule has 0 spiro atoms. The van der Waals surface area contributed by atoms with Gasteiger partial charge in [-0.1, -0.05) is 23.2 Å². The summed E-state index contributed by atoms with van der Waals surface area (Å²) in [6.45, 7) is 0. The Bertz CT molecular complexity index is 544. The van der Waals surface area contributed by atoms with Crippen LogP contribution in [0.1, 0.15) is 0 Å². The first kappa shape index (κ1) is 13.2. The van der Waals surface area contributed by atoms with Gasteiger partial charge in [0.15, 0.2) is 5.16 Å². The third-order valence-corrected chi connectivity index (χ3v) is 3.59. The van der Waals surface area contributed by atoms with Gasteiger partial charge in [-0.15, -0.1) is 0 Å². The molecule has 17 heavy (non-hydrogen) atoms. The standard InChI is InChI=1S/C9H3Cl4N3S/c10-4-1-2-5(11)6(3-4)17-9-15-7(12)14-8(13)16-9/h1-3H. The molecule has 0 saturated heterocycles. The van der Waals surface area contributed by atoms with Gasteiger partial charge in [0.1, 0.15) is 0 Å². The summed E-state index contributed by atoms with van der Waals surface area (Å²) in [5, 5.41) is 1.55. The number of hydrogen-bond acceptors (Lipinski definition) is 4. The van der Waals surface area contributed by atoms with Crippen LogP contribution >= 0.6 is 58.2 Å². The van der Waals surface area contributed by atoms with Crippen molar-refractivity contribution < 1.29 is 0 Å². The van der Waals surface area contributed by atoms with Crippen LogP contribution in [0.5, 0.6) is 0 Å². The first-order valence-corrected chi connectivity index (χ1v) is 6.57. The van der Waals surface area contributed by atoms with Crippen LogP contribution < -0.4 is 0 Å². The molecule has 1 aromatic carbocycles. The lowest BCUT2D eigenvalue weighted by atomic mass is 10.4. The maximum atomic E-state index is 6.01. The van der Waals surface area contributed by atoms with Crippen LogP contribution in [0.25, 0.3) is 0 Å². The fourth-order valence-electron chi connectivity index (χ4n) is 1.01. The van der Waals surface area contributed by atoms with Crippen molar-refractivity contribution in [3.05, 3.63) is 38.8 Å². The Labute approximate surface area is 121 Å². The SMILES string of the molecule is Clc1ccc(Cl)c(Sc2nc(Cl)nc(Cl)n2)c1. The highest BCUT2D eigenvalue weighted by Crippen LogP contribution is 2.33. The second-order valence-corrected chi connectivity index (χ2v) is 5.36. The number of aromatic nitrogens is 3. The molecular weight excluding hydrogens is 324 g/mol. The zero-order chi connectivity index (χ0) is 12.4. The Balaban J connectivity index is 2.34. The summed E-state index contributed by atoms with van der Waals surface area (Å²) in [6.07, 6.45) is 0. The van der Waals surface area contributed by atoms with E-state index in [-0.39, 0.29) is 10.6 Å². The number of hydrogen-bond donors (Lipinski definition) is 0. The second kappa shape index (κ2) is 5.59. The summed E-state index contributed by atoms with van der Waals surface area (Å²) >= 11 is 24.4. The molecule has 0 amide bonds. The minimum atomic E-state index is 0.0330. The molecule has 1 aromatic heterocycles. The van der Waals surface area contributed by atoms with Gasteiger partial charge >= 0.3 is 0 Å². The molecule has 0 unspecified atom stereocenters. The molecule has 0 aliphatic heterocycles. The van der Waals surface area contributed by atoms with Gasteiger partial charge < -0.3 is 0 Å². The molecule has 8 heteroatoms. The highest BCUT2D eigenvalue weighted by molar-refractivity contribution is 7.99. The summed E-state index contributed by atoms with van der Waals surface area (Å²) < 4.78 is 0. The van der Waals surface area contributed by atoms with Crippen molar-refractivity contribution >= 4 is 58.2 Å². The van der Waals surface area contributed by atoms with Gasteiger partial charge in [0, 0.05) is 9.92 Å². The van der Waals surface area contributed by atoms with Crippen molar-refractivity contribution in [1.82, 2.24) is 15.0 Å². The molecule has 0 bridgehead atoms. The van der Waals surface area contributed by atoms with Gasteiger partial charge in [0.05, 0.1) is 5.02 Å². The van der Waals surface area contributed by atoms with Gasteiger partial charge in [-0.25, -0.2) is 0 Å².